The number of nitrogens with one attached hydrogen (secondary N) is 1. The van der Waals surface area contributed by atoms with Gasteiger partial charge in [-0.15, -0.1) is 0 Å². The number of hydrogen-bond acceptors (Lipinski definition) is 3. The van der Waals surface area contributed by atoms with Gasteiger partial charge in [-0.2, -0.15) is 13.2 Å². The lowest BCUT2D eigenvalue weighted by Crippen LogP contribution is -2.51. The lowest BCUT2D eigenvalue weighted by molar-refractivity contribution is -0.137. The van der Waals surface area contributed by atoms with Gasteiger partial charge in [-0.1, -0.05) is 25.5 Å². The van der Waals surface area contributed by atoms with E-state index in [2.05, 4.69) is 10.4 Å². The van der Waals surface area contributed by atoms with Crippen LogP contribution in [-0.4, -0.2) is 29.8 Å². The molecule has 1 aliphatic heterocycles. The van der Waals surface area contributed by atoms with Crippen LogP contribution in [0.2, 0.25) is 0 Å². The number of rotatable bonds is 4. The molecule has 0 aromatic heterocycles. The van der Waals surface area contributed by atoms with Crippen molar-refractivity contribution in [2.45, 2.75) is 25.9 Å². The van der Waals surface area contributed by atoms with Gasteiger partial charge in [-0.25, -0.2) is 0 Å². The summed E-state index contributed by atoms with van der Waals surface area (Å²) in [5, 5.41) is 1.41. The molecule has 1 heterocycles. The fourth-order valence-corrected chi connectivity index (χ4v) is 1.95. The Hall–Kier alpha value is -2.05. The van der Waals surface area contributed by atoms with E-state index in [9.17, 15) is 18.0 Å². The number of hydrazine groups is 1. The third kappa shape index (κ3) is 3.74. The largest absolute Gasteiger partial charge is 0.416 e. The highest BCUT2D eigenvalue weighted by Gasteiger charge is 2.31. The van der Waals surface area contributed by atoms with Gasteiger partial charge >= 0.3 is 6.18 Å². The molecular weight excluding hydrogens is 283 g/mol. The maximum atomic E-state index is 12.7. The molecule has 2 rings (SSSR count). The Morgan fingerprint density at radius 3 is 2.81 bits per heavy atom. The van der Waals surface area contributed by atoms with Gasteiger partial charge in [-0.05, 0) is 18.6 Å². The average Bonchev–Trinajstić information content (AvgIpc) is 2.46. The summed E-state index contributed by atoms with van der Waals surface area (Å²) in [5.41, 5.74) is 2.38. The number of amidine groups is 1. The van der Waals surface area contributed by atoms with Gasteiger partial charge in [0.15, 0.2) is 0 Å². The van der Waals surface area contributed by atoms with Crippen molar-refractivity contribution in [2.24, 2.45) is 4.99 Å². The number of unbranched alkanes of at least 4 members (excludes halogenated alkanes) is 1. The molecule has 0 fully saturated rings. The SMILES string of the molecule is CCCCN1NC(c2cccc(C(F)(F)F)c2)=NCC1=O. The highest BCUT2D eigenvalue weighted by atomic mass is 19.4. The molecule has 0 saturated carbocycles. The maximum absolute atomic E-state index is 12.7. The normalized spacial score (nSPS) is 15.7. The van der Waals surface area contributed by atoms with Gasteiger partial charge in [0.05, 0.1) is 5.56 Å². The van der Waals surface area contributed by atoms with Gasteiger partial charge in [-0.3, -0.25) is 20.2 Å². The van der Waals surface area contributed by atoms with E-state index in [1.54, 1.807) is 0 Å². The van der Waals surface area contributed by atoms with Crippen LogP contribution in [0.25, 0.3) is 0 Å². The Morgan fingerprint density at radius 1 is 1.38 bits per heavy atom. The van der Waals surface area contributed by atoms with Crippen LogP contribution in [0.5, 0.6) is 0 Å². The number of alkyl halides is 3. The zero-order valence-corrected chi connectivity index (χ0v) is 11.6. The Balaban J connectivity index is 2.20. The number of aliphatic imine (C=N–C) groups is 1. The lowest BCUT2D eigenvalue weighted by atomic mass is 10.1. The van der Waals surface area contributed by atoms with Crippen LogP contribution in [0.15, 0.2) is 29.3 Å². The Labute approximate surface area is 120 Å². The second-order valence-corrected chi connectivity index (χ2v) is 4.75. The summed E-state index contributed by atoms with van der Waals surface area (Å²) in [6.45, 7) is 2.45. The number of amides is 1. The summed E-state index contributed by atoms with van der Waals surface area (Å²) < 4.78 is 38.1. The Morgan fingerprint density at radius 2 is 2.14 bits per heavy atom. The van der Waals surface area contributed by atoms with E-state index >= 15 is 0 Å². The first-order valence-electron chi connectivity index (χ1n) is 6.71. The van der Waals surface area contributed by atoms with Crippen molar-refractivity contribution in [3.05, 3.63) is 35.4 Å². The Kier molecular flexibility index (Phi) is 4.50. The Bertz CT molecular complexity index is 555. The molecule has 0 unspecified atom stereocenters. The van der Waals surface area contributed by atoms with E-state index in [0.29, 0.717) is 12.1 Å². The number of nitrogens with zero attached hydrogens (tertiary/aromatic N) is 2. The fourth-order valence-electron chi connectivity index (χ4n) is 1.95. The van der Waals surface area contributed by atoms with Gasteiger partial charge in [0, 0.05) is 12.1 Å². The maximum Gasteiger partial charge on any atom is 0.416 e. The van der Waals surface area contributed by atoms with Gasteiger partial charge in [0.1, 0.15) is 12.4 Å². The van der Waals surface area contributed by atoms with E-state index in [4.69, 9.17) is 0 Å². The zero-order valence-electron chi connectivity index (χ0n) is 11.6. The lowest BCUT2D eigenvalue weighted by Gasteiger charge is -2.28. The molecule has 0 bridgehead atoms. The molecule has 114 valence electrons. The number of hydrogen-bond donors (Lipinski definition) is 1. The van der Waals surface area contributed by atoms with Crippen LogP contribution in [0.1, 0.15) is 30.9 Å². The summed E-state index contributed by atoms with van der Waals surface area (Å²) in [4.78, 5) is 15.7. The highest BCUT2D eigenvalue weighted by molar-refractivity contribution is 6.02. The van der Waals surface area contributed by atoms with E-state index in [0.717, 1.165) is 25.0 Å². The molecule has 0 atom stereocenters. The number of carbonyl (C=O) groups is 1. The standard InChI is InChI=1S/C14H16F3N3O/c1-2-3-7-20-12(21)9-18-13(19-20)10-5-4-6-11(8-10)14(15,16)17/h4-6,8H,2-3,7,9H2,1H3,(H,18,19). The van der Waals surface area contributed by atoms with Crippen molar-refractivity contribution in [3.63, 3.8) is 0 Å². The number of halogens is 3. The van der Waals surface area contributed by atoms with E-state index in [1.165, 1.54) is 17.1 Å². The third-order valence-electron chi connectivity index (χ3n) is 3.11. The monoisotopic (exact) mass is 299 g/mol. The minimum Gasteiger partial charge on any atom is -0.279 e. The number of carbonyl (C=O) groups excluding carboxylic acids is 1. The topological polar surface area (TPSA) is 44.7 Å². The smallest absolute Gasteiger partial charge is 0.279 e. The summed E-state index contributed by atoms with van der Waals surface area (Å²) in [6, 6.07) is 4.90. The third-order valence-corrected chi connectivity index (χ3v) is 3.11. The molecule has 0 radical (unpaired) electrons. The van der Waals surface area contributed by atoms with Crippen LogP contribution < -0.4 is 5.43 Å². The number of benzene rings is 1. The molecule has 0 aliphatic carbocycles. The van der Waals surface area contributed by atoms with Crippen molar-refractivity contribution >= 4 is 11.7 Å². The molecule has 21 heavy (non-hydrogen) atoms. The molecule has 0 saturated heterocycles. The molecule has 7 heteroatoms. The predicted octanol–water partition coefficient (Wildman–Crippen LogP) is 2.60. The quantitative estimate of drug-likeness (QED) is 0.929. The minimum atomic E-state index is -4.40. The van der Waals surface area contributed by atoms with Gasteiger partial charge < -0.3 is 0 Å². The van der Waals surface area contributed by atoms with E-state index in [-0.39, 0.29) is 18.3 Å². The molecular formula is C14H16F3N3O. The molecule has 0 spiro atoms. The van der Waals surface area contributed by atoms with Crippen LogP contribution in [0.3, 0.4) is 0 Å². The molecule has 1 aliphatic rings. The van der Waals surface area contributed by atoms with Crippen molar-refractivity contribution in [2.75, 3.05) is 13.1 Å². The van der Waals surface area contributed by atoms with Crippen molar-refractivity contribution in [1.29, 1.82) is 0 Å². The van der Waals surface area contributed by atoms with Gasteiger partial charge in [0.25, 0.3) is 5.91 Å². The molecule has 1 aromatic rings. The first-order chi connectivity index (χ1) is 9.91. The predicted molar refractivity (Wildman–Crippen MR) is 72.6 cm³/mol. The summed E-state index contributed by atoms with van der Waals surface area (Å²) in [6.07, 6.45) is -2.67. The zero-order chi connectivity index (χ0) is 15.5. The van der Waals surface area contributed by atoms with Crippen LogP contribution in [0.4, 0.5) is 13.2 Å². The van der Waals surface area contributed by atoms with E-state index in [1.807, 2.05) is 6.92 Å². The minimum absolute atomic E-state index is 0.0533. The van der Waals surface area contributed by atoms with Crippen molar-refractivity contribution < 1.29 is 18.0 Å². The van der Waals surface area contributed by atoms with E-state index < -0.39 is 11.7 Å². The second-order valence-electron chi connectivity index (χ2n) is 4.75. The van der Waals surface area contributed by atoms with Crippen LogP contribution in [0, 0.1) is 0 Å². The summed E-state index contributed by atoms with van der Waals surface area (Å²) in [5.74, 6) is 0.107. The molecule has 1 amide bonds. The molecule has 1 N–H and O–H groups in total. The highest BCUT2D eigenvalue weighted by Crippen LogP contribution is 2.29. The average molecular weight is 299 g/mol. The fraction of sp³-hybridized carbons (Fsp3) is 0.429. The van der Waals surface area contributed by atoms with Crippen molar-refractivity contribution in [1.82, 2.24) is 10.4 Å². The summed E-state index contributed by atoms with van der Waals surface area (Å²) in [7, 11) is 0. The molecule has 4 nitrogen and oxygen atoms in total. The van der Waals surface area contributed by atoms with Crippen LogP contribution >= 0.6 is 0 Å². The van der Waals surface area contributed by atoms with Crippen LogP contribution in [-0.2, 0) is 11.0 Å². The first kappa shape index (κ1) is 15.3. The molecule has 1 aromatic carbocycles. The first-order valence-corrected chi connectivity index (χ1v) is 6.71. The van der Waals surface area contributed by atoms with Crippen molar-refractivity contribution in [3.8, 4) is 0 Å². The van der Waals surface area contributed by atoms with Gasteiger partial charge in [0.2, 0.25) is 0 Å². The summed E-state index contributed by atoms with van der Waals surface area (Å²) >= 11 is 0. The second kappa shape index (κ2) is 6.15.